The van der Waals surface area contributed by atoms with Gasteiger partial charge in [0.05, 0.1) is 6.04 Å². The Labute approximate surface area is 105 Å². The second kappa shape index (κ2) is 6.05. The first-order chi connectivity index (χ1) is 7.91. The predicted octanol–water partition coefficient (Wildman–Crippen LogP) is 0.885. The molecule has 1 N–H and O–H groups in total. The van der Waals surface area contributed by atoms with E-state index in [0.717, 1.165) is 5.75 Å². The highest BCUT2D eigenvalue weighted by Crippen LogP contribution is 2.16. The van der Waals surface area contributed by atoms with Crippen LogP contribution in [0.3, 0.4) is 0 Å². The first-order valence-corrected chi connectivity index (χ1v) is 6.62. The molecule has 1 atom stereocenters. The summed E-state index contributed by atoms with van der Waals surface area (Å²) in [6.07, 6.45) is 0. The van der Waals surface area contributed by atoms with Crippen LogP contribution in [0.1, 0.15) is 20.8 Å². The van der Waals surface area contributed by atoms with Gasteiger partial charge in [-0.1, -0.05) is 25.6 Å². The number of ketones is 1. The average molecular weight is 258 g/mol. The topological polar surface area (TPSA) is 66.5 Å². The summed E-state index contributed by atoms with van der Waals surface area (Å²) in [7, 11) is 0. The van der Waals surface area contributed by atoms with Gasteiger partial charge in [-0.25, -0.2) is 0 Å². The van der Waals surface area contributed by atoms with Gasteiger partial charge in [-0.3, -0.25) is 14.4 Å². The summed E-state index contributed by atoms with van der Waals surface area (Å²) >= 11 is 1.22. The van der Waals surface area contributed by atoms with Crippen molar-refractivity contribution < 1.29 is 14.4 Å². The summed E-state index contributed by atoms with van der Waals surface area (Å²) in [4.78, 5) is 35.8. The Hall–Kier alpha value is -1.04. The number of carbonyl (C=O) groups is 3. The van der Waals surface area contributed by atoms with Gasteiger partial charge in [0, 0.05) is 12.3 Å². The van der Waals surface area contributed by atoms with Crippen molar-refractivity contribution in [1.29, 1.82) is 0 Å². The first kappa shape index (κ1) is 14.0. The van der Waals surface area contributed by atoms with Gasteiger partial charge in [0.15, 0.2) is 5.78 Å². The Morgan fingerprint density at radius 2 is 2.12 bits per heavy atom. The van der Waals surface area contributed by atoms with E-state index in [-0.39, 0.29) is 29.4 Å². The van der Waals surface area contributed by atoms with Crippen molar-refractivity contribution in [3.8, 4) is 0 Å². The minimum Gasteiger partial charge on any atom is -0.345 e. The Morgan fingerprint density at radius 3 is 2.53 bits per heavy atom. The molecule has 0 aromatic rings. The highest BCUT2D eigenvalue weighted by molar-refractivity contribution is 8.13. The molecule has 0 spiro atoms. The minimum atomic E-state index is -0.465. The van der Waals surface area contributed by atoms with Crippen LogP contribution in [-0.4, -0.2) is 46.7 Å². The number of amides is 2. The van der Waals surface area contributed by atoms with Gasteiger partial charge in [0.2, 0.25) is 5.91 Å². The van der Waals surface area contributed by atoms with Crippen molar-refractivity contribution in [2.24, 2.45) is 5.92 Å². The molecule has 1 rings (SSSR count). The van der Waals surface area contributed by atoms with E-state index in [0.29, 0.717) is 6.54 Å². The number of hydrogen-bond acceptors (Lipinski definition) is 4. The van der Waals surface area contributed by atoms with Crippen molar-refractivity contribution in [3.63, 3.8) is 0 Å². The van der Waals surface area contributed by atoms with Crippen molar-refractivity contribution in [2.45, 2.75) is 26.8 Å². The van der Waals surface area contributed by atoms with Crippen LogP contribution < -0.4 is 5.32 Å². The molecular weight excluding hydrogens is 240 g/mol. The molecule has 1 heterocycles. The lowest BCUT2D eigenvalue weighted by molar-refractivity contribution is -0.128. The van der Waals surface area contributed by atoms with E-state index in [1.807, 2.05) is 13.8 Å². The Balaban J connectivity index is 2.47. The minimum absolute atomic E-state index is 0.0440. The molecule has 0 radical (unpaired) electrons. The summed E-state index contributed by atoms with van der Waals surface area (Å²) in [5.41, 5.74) is 0. The van der Waals surface area contributed by atoms with Crippen molar-refractivity contribution in [2.75, 3.05) is 18.8 Å². The number of nitrogens with one attached hydrogen (secondary N) is 1. The molecule has 1 saturated heterocycles. The maximum atomic E-state index is 11.7. The van der Waals surface area contributed by atoms with Crippen LogP contribution in [0.25, 0.3) is 0 Å². The van der Waals surface area contributed by atoms with E-state index in [1.54, 1.807) is 0 Å². The van der Waals surface area contributed by atoms with Gasteiger partial charge >= 0.3 is 0 Å². The number of hydrogen-bond donors (Lipinski definition) is 1. The third-order valence-electron chi connectivity index (χ3n) is 2.60. The average Bonchev–Trinajstić information content (AvgIpc) is 2.60. The Morgan fingerprint density at radius 1 is 1.47 bits per heavy atom. The molecule has 5 nitrogen and oxygen atoms in total. The van der Waals surface area contributed by atoms with Gasteiger partial charge in [-0.05, 0) is 12.8 Å². The van der Waals surface area contributed by atoms with Crippen LogP contribution in [0, 0.1) is 5.92 Å². The zero-order valence-corrected chi connectivity index (χ0v) is 11.2. The third-order valence-corrected chi connectivity index (χ3v) is 3.49. The van der Waals surface area contributed by atoms with E-state index >= 15 is 0 Å². The summed E-state index contributed by atoms with van der Waals surface area (Å²) < 4.78 is 0. The maximum absolute atomic E-state index is 11.7. The summed E-state index contributed by atoms with van der Waals surface area (Å²) in [6, 6.07) is -0.465. The lowest BCUT2D eigenvalue weighted by Gasteiger charge is -2.21. The molecule has 2 amide bonds. The third kappa shape index (κ3) is 4.03. The van der Waals surface area contributed by atoms with Gasteiger partial charge in [0.25, 0.3) is 5.24 Å². The number of nitrogens with zero attached hydrogens (tertiary/aromatic N) is 1. The molecule has 1 aliphatic rings. The predicted molar refractivity (Wildman–Crippen MR) is 66.9 cm³/mol. The highest BCUT2D eigenvalue weighted by atomic mass is 32.2. The largest absolute Gasteiger partial charge is 0.345 e. The first-order valence-electron chi connectivity index (χ1n) is 5.63. The monoisotopic (exact) mass is 258 g/mol. The standard InChI is InChI=1S/C11H18N2O3S/c1-7(2)10(8(3)14)12-9(15)6-13-4-5-17-11(13)16/h7,10H,4-6H2,1-3H3,(H,12,15). The van der Waals surface area contributed by atoms with Crippen LogP contribution in [0.15, 0.2) is 0 Å². The summed E-state index contributed by atoms with van der Waals surface area (Å²) in [5.74, 6) is 0.456. The molecule has 6 heteroatoms. The van der Waals surface area contributed by atoms with E-state index in [1.165, 1.54) is 23.6 Å². The Bertz CT molecular complexity index is 331. The van der Waals surface area contributed by atoms with Gasteiger partial charge in [-0.15, -0.1) is 0 Å². The number of carbonyl (C=O) groups excluding carboxylic acids is 3. The highest BCUT2D eigenvalue weighted by Gasteiger charge is 2.26. The SMILES string of the molecule is CC(=O)C(NC(=O)CN1CCSC1=O)C(C)C. The van der Waals surface area contributed by atoms with Gasteiger partial charge in [-0.2, -0.15) is 0 Å². The van der Waals surface area contributed by atoms with Gasteiger partial charge in [0.1, 0.15) is 6.54 Å². The normalized spacial score (nSPS) is 17.4. The molecular formula is C11H18N2O3S. The molecule has 96 valence electrons. The van der Waals surface area contributed by atoms with E-state index in [2.05, 4.69) is 5.32 Å². The maximum Gasteiger partial charge on any atom is 0.282 e. The molecule has 1 aliphatic heterocycles. The van der Waals surface area contributed by atoms with Crippen LogP contribution in [0.4, 0.5) is 4.79 Å². The second-order valence-electron chi connectivity index (χ2n) is 4.44. The van der Waals surface area contributed by atoms with Gasteiger partial charge < -0.3 is 10.2 Å². The fourth-order valence-electron chi connectivity index (χ4n) is 1.70. The number of rotatable bonds is 5. The van der Waals surface area contributed by atoms with Crippen molar-refractivity contribution >= 4 is 28.7 Å². The lowest BCUT2D eigenvalue weighted by Crippen LogP contribution is -2.47. The number of thioether (sulfide) groups is 1. The second-order valence-corrected chi connectivity index (χ2v) is 5.48. The molecule has 17 heavy (non-hydrogen) atoms. The molecule has 0 aromatic carbocycles. The molecule has 0 aliphatic carbocycles. The van der Waals surface area contributed by atoms with Crippen molar-refractivity contribution in [3.05, 3.63) is 0 Å². The Kier molecular flexibility index (Phi) is 4.99. The molecule has 1 unspecified atom stereocenters. The van der Waals surface area contributed by atoms with Crippen molar-refractivity contribution in [1.82, 2.24) is 10.2 Å². The lowest BCUT2D eigenvalue weighted by atomic mass is 10.0. The van der Waals surface area contributed by atoms with E-state index in [9.17, 15) is 14.4 Å². The van der Waals surface area contributed by atoms with Crippen LogP contribution in [-0.2, 0) is 9.59 Å². The zero-order chi connectivity index (χ0) is 13.0. The fraction of sp³-hybridized carbons (Fsp3) is 0.727. The fourth-order valence-corrected chi connectivity index (χ4v) is 2.52. The number of Topliss-reactive ketones (excluding diaryl/α,β-unsaturated/α-hetero) is 1. The smallest absolute Gasteiger partial charge is 0.282 e. The molecule has 1 fully saturated rings. The summed E-state index contributed by atoms with van der Waals surface area (Å²) in [5, 5.41) is 2.61. The van der Waals surface area contributed by atoms with Crippen LogP contribution in [0.2, 0.25) is 0 Å². The van der Waals surface area contributed by atoms with Crippen LogP contribution >= 0.6 is 11.8 Å². The summed E-state index contributed by atoms with van der Waals surface area (Å²) in [6.45, 7) is 5.86. The quantitative estimate of drug-likeness (QED) is 0.795. The molecule has 0 aromatic heterocycles. The zero-order valence-electron chi connectivity index (χ0n) is 10.4. The van der Waals surface area contributed by atoms with E-state index in [4.69, 9.17) is 0 Å². The molecule has 0 saturated carbocycles. The van der Waals surface area contributed by atoms with E-state index < -0.39 is 6.04 Å². The molecule has 0 bridgehead atoms. The van der Waals surface area contributed by atoms with Crippen LogP contribution in [0.5, 0.6) is 0 Å².